The van der Waals surface area contributed by atoms with Crippen molar-refractivity contribution in [2.24, 2.45) is 5.16 Å². The molecular weight excluding hydrogens is 776 g/mol. The van der Waals surface area contributed by atoms with Crippen molar-refractivity contribution in [3.8, 4) is 0 Å². The first-order valence-corrected chi connectivity index (χ1v) is 18.7. The Labute approximate surface area is 320 Å². The molecule has 0 spiro atoms. The van der Waals surface area contributed by atoms with E-state index in [-0.39, 0.29) is 34.7 Å². The van der Waals surface area contributed by atoms with Gasteiger partial charge in [0.25, 0.3) is 17.7 Å². The number of unbranched alkanes of at least 4 members (excludes halogenated alkanes) is 5. The van der Waals surface area contributed by atoms with Crippen LogP contribution in [-0.4, -0.2) is 96.9 Å². The first-order valence-electron chi connectivity index (χ1n) is 16.8. The molecule has 2 aromatic heterocycles. The first kappa shape index (κ1) is 44.1. The summed E-state index contributed by atoms with van der Waals surface area (Å²) in [5.41, 5.74) is 4.03. The van der Waals surface area contributed by atoms with Crippen LogP contribution in [0, 0.1) is 0 Å². The number of alkyl halides is 3. The lowest BCUT2D eigenvalue weighted by Gasteiger charge is -2.50. The van der Waals surface area contributed by atoms with Crippen LogP contribution in [-0.2, 0) is 35.4 Å². The van der Waals surface area contributed by atoms with Gasteiger partial charge in [-0.15, -0.1) is 23.1 Å². The Balaban J connectivity index is 0.00000106. The molecule has 1 fully saturated rings. The minimum Gasteiger partial charge on any atom is -0.543 e. The van der Waals surface area contributed by atoms with Crippen molar-refractivity contribution in [2.45, 2.75) is 89.0 Å². The smallest absolute Gasteiger partial charge is 0.490 e. The molecule has 4 rings (SSSR count). The molecule has 0 unspecified atom stereocenters. The lowest BCUT2D eigenvalue weighted by atomic mass is 10.0. The fourth-order valence-electron chi connectivity index (χ4n) is 4.99. The lowest BCUT2D eigenvalue weighted by molar-refractivity contribution is -0.689. The number of oxime groups is 1. The van der Waals surface area contributed by atoms with Crippen molar-refractivity contribution in [1.82, 2.24) is 20.5 Å². The van der Waals surface area contributed by atoms with E-state index >= 15 is 0 Å². The van der Waals surface area contributed by atoms with Crippen molar-refractivity contribution < 1.29 is 66.7 Å². The molecule has 17 nitrogen and oxygen atoms in total. The van der Waals surface area contributed by atoms with Crippen molar-refractivity contribution in [2.75, 3.05) is 18.0 Å². The van der Waals surface area contributed by atoms with Gasteiger partial charge in [-0.3, -0.25) is 19.3 Å². The third-order valence-corrected chi connectivity index (χ3v) is 9.95. The summed E-state index contributed by atoms with van der Waals surface area (Å²) in [5.74, 6) is -7.26. The third-order valence-electron chi connectivity index (χ3n) is 7.94. The van der Waals surface area contributed by atoms with Gasteiger partial charge in [-0.05, 0) is 26.3 Å². The van der Waals surface area contributed by atoms with Gasteiger partial charge in [-0.25, -0.2) is 19.1 Å². The third kappa shape index (κ3) is 12.1. The minimum absolute atomic E-state index is 0.00377. The van der Waals surface area contributed by atoms with E-state index in [1.807, 2.05) is 0 Å². The molecular formula is C33H40F3N7O10S2. The number of aromatic nitrogens is 2. The Bertz CT molecular complexity index is 1830. The number of nitrogen functional groups attached to an aromatic ring is 1. The Hall–Kier alpha value is -5.25. The molecule has 2 aliphatic rings. The highest BCUT2D eigenvalue weighted by Gasteiger charge is 2.53. The largest absolute Gasteiger partial charge is 0.543 e. The van der Waals surface area contributed by atoms with Crippen LogP contribution in [0.3, 0.4) is 0 Å². The number of hydrogen-bond donors (Lipinski definition) is 5. The predicted octanol–water partition coefficient (Wildman–Crippen LogP) is 1.42. The van der Waals surface area contributed by atoms with Crippen LogP contribution in [0.1, 0.15) is 75.3 Å². The average molecular weight is 816 g/mol. The second-order valence-electron chi connectivity index (χ2n) is 12.6. The molecule has 4 heterocycles. The van der Waals surface area contributed by atoms with Crippen molar-refractivity contribution >= 4 is 69.6 Å². The Kier molecular flexibility index (Phi) is 15.5. The molecule has 1 saturated heterocycles. The van der Waals surface area contributed by atoms with Gasteiger partial charge in [-0.2, -0.15) is 13.2 Å². The number of carbonyl (C=O) groups is 6. The number of β-lactam (4-membered cyclic amide) rings is 1. The number of rotatable bonds is 17. The van der Waals surface area contributed by atoms with E-state index in [9.17, 15) is 47.4 Å². The Morgan fingerprint density at radius 1 is 1.13 bits per heavy atom. The summed E-state index contributed by atoms with van der Waals surface area (Å²) in [5, 5.41) is 38.8. The molecule has 0 bridgehead atoms. The molecule has 0 radical (unpaired) electrons. The van der Waals surface area contributed by atoms with Crippen LogP contribution in [0.15, 0.2) is 46.3 Å². The van der Waals surface area contributed by atoms with Crippen LogP contribution >= 0.6 is 23.1 Å². The second kappa shape index (κ2) is 19.4. The summed E-state index contributed by atoms with van der Waals surface area (Å²) >= 11 is 2.26. The number of nitrogens with zero attached hydrogens (tertiary/aromatic N) is 4. The van der Waals surface area contributed by atoms with Crippen molar-refractivity contribution in [3.05, 3.63) is 52.4 Å². The molecule has 2 aromatic rings. The molecule has 0 aromatic carbocycles. The number of fused-ring (bicyclic) bond motifs is 1. The van der Waals surface area contributed by atoms with Crippen molar-refractivity contribution in [3.63, 3.8) is 0 Å². The minimum atomic E-state index is -5.08. The monoisotopic (exact) mass is 815 g/mol. The number of thiazole rings is 1. The van der Waals surface area contributed by atoms with E-state index in [0.717, 1.165) is 35.5 Å². The molecule has 0 aliphatic carbocycles. The van der Waals surface area contributed by atoms with Crippen LogP contribution in [0.4, 0.5) is 18.3 Å². The molecule has 300 valence electrons. The maximum atomic E-state index is 13.3. The maximum absolute atomic E-state index is 13.3. The molecule has 2 atom stereocenters. The number of carboxylic acid groups (broad SMARTS) is 3. The first-order chi connectivity index (χ1) is 25.8. The summed E-state index contributed by atoms with van der Waals surface area (Å²) in [6.07, 6.45) is 4.87. The summed E-state index contributed by atoms with van der Waals surface area (Å²) in [6.45, 7) is 5.28. The van der Waals surface area contributed by atoms with Gasteiger partial charge in [-0.1, -0.05) is 44.2 Å². The van der Waals surface area contributed by atoms with Crippen LogP contribution in [0.25, 0.3) is 0 Å². The number of amides is 3. The van der Waals surface area contributed by atoms with Gasteiger partial charge in [0.05, 0.1) is 11.7 Å². The summed E-state index contributed by atoms with van der Waals surface area (Å²) < 4.78 is 33.4. The van der Waals surface area contributed by atoms with E-state index in [1.54, 1.807) is 29.1 Å². The van der Waals surface area contributed by atoms with Gasteiger partial charge in [0.15, 0.2) is 29.8 Å². The topological polar surface area (TPSA) is 258 Å². The number of aliphatic carboxylic acids is 3. The van der Waals surface area contributed by atoms with Gasteiger partial charge < -0.3 is 41.3 Å². The Morgan fingerprint density at radius 2 is 1.78 bits per heavy atom. The average Bonchev–Trinajstić information content (AvgIpc) is 3.55. The normalized spacial score (nSPS) is 16.9. The van der Waals surface area contributed by atoms with E-state index in [4.69, 9.17) is 20.5 Å². The number of thioether (sulfide) groups is 1. The summed E-state index contributed by atoms with van der Waals surface area (Å²) in [7, 11) is 0. The number of carboxylic acids is 3. The van der Waals surface area contributed by atoms with Crippen molar-refractivity contribution in [1.29, 1.82) is 0 Å². The molecule has 0 saturated carbocycles. The highest BCUT2D eigenvalue weighted by atomic mass is 32.2. The highest BCUT2D eigenvalue weighted by molar-refractivity contribution is 8.00. The Morgan fingerprint density at radius 3 is 2.36 bits per heavy atom. The maximum Gasteiger partial charge on any atom is 0.490 e. The highest BCUT2D eigenvalue weighted by Crippen LogP contribution is 2.40. The quantitative estimate of drug-likeness (QED) is 0.0499. The number of halogens is 3. The SMILES string of the molecule is CCCCCCCCNC(=O)c1ccc[n+](CC2=C(C(=O)[O-])N3C(=O)[C@@H](NC(=O)/C(=N\OC(C)(C)C(=O)O)c4csc(N)n4)[C@H]3SC2)c1.O=C(O)C(F)(F)F. The summed E-state index contributed by atoms with van der Waals surface area (Å²) in [6, 6.07) is 2.23. The molecule has 3 amide bonds. The molecule has 6 N–H and O–H groups in total. The second-order valence-corrected chi connectivity index (χ2v) is 14.6. The lowest BCUT2D eigenvalue weighted by Crippen LogP contribution is -2.71. The van der Waals surface area contributed by atoms with Gasteiger partial charge in [0.2, 0.25) is 5.60 Å². The molecule has 55 heavy (non-hydrogen) atoms. The molecule has 22 heteroatoms. The fraction of sp³-hybridized carbons (Fsp3) is 0.485. The number of pyridine rings is 1. The van der Waals surface area contributed by atoms with E-state index in [2.05, 4.69) is 27.7 Å². The standard InChI is InChI=1S/C31H39N7O8S2.C2HF3O2/c1-4-5-6-7-8-9-12-33-24(39)18-11-10-13-37(14-18)15-19-16-47-27-22(26(41)38(27)23(19)28(42)43)35-25(40)21(20-17-48-30(32)34-20)36-46-31(2,3)29(44)45;3-2(4,5)1(6)7/h10-11,13-14,17,22,27H,4-9,12,15-16H2,1-3H3,(H5-,32,33,34,35,39,40,42,43,44,45);(H,6,7)/b36-21-;/t22-,27-;/m1./s1. The number of nitrogens with one attached hydrogen (secondary N) is 2. The fourth-order valence-corrected chi connectivity index (χ4v) is 6.87. The number of carbonyl (C=O) groups excluding carboxylic acids is 4. The van der Waals surface area contributed by atoms with Gasteiger partial charge in [0, 0.05) is 29.3 Å². The summed E-state index contributed by atoms with van der Waals surface area (Å²) in [4.78, 5) is 82.2. The number of anilines is 1. The van der Waals surface area contributed by atoms with Gasteiger partial charge >= 0.3 is 18.1 Å². The van der Waals surface area contributed by atoms with Crippen LogP contribution < -0.4 is 26.0 Å². The zero-order valence-electron chi connectivity index (χ0n) is 29.9. The zero-order valence-corrected chi connectivity index (χ0v) is 31.5. The van der Waals surface area contributed by atoms with E-state index in [1.165, 1.54) is 50.3 Å². The number of nitrogens with two attached hydrogens (primary N) is 1. The predicted molar refractivity (Wildman–Crippen MR) is 189 cm³/mol. The number of hydrogen-bond acceptors (Lipinski definition) is 13. The van der Waals surface area contributed by atoms with Crippen LogP contribution in [0.5, 0.6) is 0 Å². The zero-order chi connectivity index (χ0) is 41.1. The van der Waals surface area contributed by atoms with Crippen LogP contribution in [0.2, 0.25) is 0 Å². The van der Waals surface area contributed by atoms with Gasteiger partial charge in [0.1, 0.15) is 22.7 Å². The molecule has 2 aliphatic heterocycles. The van der Waals surface area contributed by atoms with E-state index < -0.39 is 58.6 Å². The van der Waals surface area contributed by atoms with E-state index in [0.29, 0.717) is 17.7 Å².